The predicted molar refractivity (Wildman–Crippen MR) is 129 cm³/mol. The number of methoxy groups -OCH3 is 1. The fraction of sp³-hybridized carbons (Fsp3) is 0.417. The van der Waals surface area contributed by atoms with Crippen LogP contribution in [0.3, 0.4) is 0 Å². The van der Waals surface area contributed by atoms with E-state index in [4.69, 9.17) is 14.5 Å². The summed E-state index contributed by atoms with van der Waals surface area (Å²) in [5.41, 5.74) is 1.66. The molecule has 1 aliphatic heterocycles. The van der Waals surface area contributed by atoms with Gasteiger partial charge in [-0.2, -0.15) is 0 Å². The van der Waals surface area contributed by atoms with Crippen LogP contribution in [0.1, 0.15) is 24.2 Å². The molecule has 8 heteroatoms. The molecule has 1 fully saturated rings. The van der Waals surface area contributed by atoms with Crippen molar-refractivity contribution in [3.05, 3.63) is 48.0 Å². The van der Waals surface area contributed by atoms with Crippen molar-refractivity contribution in [1.82, 2.24) is 15.2 Å². The van der Waals surface area contributed by atoms with Crippen molar-refractivity contribution in [3.8, 4) is 11.5 Å². The lowest BCUT2D eigenvalue weighted by molar-refractivity contribution is 0.0947. The first-order valence-electron chi connectivity index (χ1n) is 11.0. The van der Waals surface area contributed by atoms with Crippen molar-refractivity contribution in [2.75, 3.05) is 51.3 Å². The minimum atomic E-state index is -0.0513. The summed E-state index contributed by atoms with van der Waals surface area (Å²) >= 11 is 1.71. The quantitative estimate of drug-likeness (QED) is 0.561. The summed E-state index contributed by atoms with van der Waals surface area (Å²) in [5.74, 6) is 1.59. The lowest BCUT2D eigenvalue weighted by atomic mass is 10.2. The van der Waals surface area contributed by atoms with Crippen molar-refractivity contribution in [1.29, 1.82) is 0 Å². The van der Waals surface area contributed by atoms with Crippen LogP contribution in [-0.4, -0.2) is 68.3 Å². The number of fused-ring (bicyclic) bond motifs is 1. The third-order valence-corrected chi connectivity index (χ3v) is 6.51. The van der Waals surface area contributed by atoms with E-state index in [1.54, 1.807) is 30.6 Å². The van der Waals surface area contributed by atoms with E-state index in [2.05, 4.69) is 15.1 Å². The molecular formula is C24H30N4O3S. The zero-order valence-corrected chi connectivity index (χ0v) is 19.7. The monoisotopic (exact) mass is 454 g/mol. The minimum Gasteiger partial charge on any atom is -0.497 e. The molecule has 170 valence electrons. The van der Waals surface area contributed by atoms with Crippen LogP contribution in [0.15, 0.2) is 42.5 Å². The Labute approximate surface area is 192 Å². The standard InChI is InChI=1S/C24H30N4O3S/c1-17(2)31-19-6-4-18(5-7-19)23(29)25-10-11-27-12-14-28(15-13-27)24-26-21-9-8-20(30-3)16-22(21)32-24/h4-9,16-17H,10-15H2,1-3H3,(H,25,29). The molecule has 4 rings (SSSR count). The summed E-state index contributed by atoms with van der Waals surface area (Å²) in [6, 6.07) is 13.3. The molecule has 1 aromatic heterocycles. The first-order chi connectivity index (χ1) is 15.5. The highest BCUT2D eigenvalue weighted by atomic mass is 32.1. The Morgan fingerprint density at radius 3 is 2.50 bits per heavy atom. The number of piperazine rings is 1. The van der Waals surface area contributed by atoms with E-state index in [9.17, 15) is 4.79 Å². The van der Waals surface area contributed by atoms with Crippen molar-refractivity contribution in [3.63, 3.8) is 0 Å². The smallest absolute Gasteiger partial charge is 0.251 e. The molecule has 0 spiro atoms. The SMILES string of the molecule is COc1ccc2nc(N3CCN(CCNC(=O)c4ccc(OC(C)C)cc4)CC3)sc2c1. The summed E-state index contributed by atoms with van der Waals surface area (Å²) in [6.45, 7) is 9.21. The number of nitrogens with one attached hydrogen (secondary N) is 1. The second-order valence-corrected chi connectivity index (χ2v) is 9.11. The third-order valence-electron chi connectivity index (χ3n) is 5.43. The first kappa shape index (κ1) is 22.4. The Kier molecular flexibility index (Phi) is 7.12. The molecule has 1 amide bonds. The third kappa shape index (κ3) is 5.49. The Bertz CT molecular complexity index is 1040. The van der Waals surface area contributed by atoms with Gasteiger partial charge in [-0.05, 0) is 56.3 Å². The van der Waals surface area contributed by atoms with Crippen LogP contribution >= 0.6 is 11.3 Å². The molecule has 0 aliphatic carbocycles. The maximum Gasteiger partial charge on any atom is 0.251 e. The number of carbonyl (C=O) groups is 1. The Balaban J connectivity index is 1.22. The first-order valence-corrected chi connectivity index (χ1v) is 11.8. The van der Waals surface area contributed by atoms with Gasteiger partial charge in [-0.1, -0.05) is 11.3 Å². The number of aromatic nitrogens is 1. The number of nitrogens with zero attached hydrogens (tertiary/aromatic N) is 3. The summed E-state index contributed by atoms with van der Waals surface area (Å²) in [4.78, 5) is 21.9. The molecule has 2 aromatic carbocycles. The summed E-state index contributed by atoms with van der Waals surface area (Å²) < 4.78 is 12.1. The number of carbonyl (C=O) groups excluding carboxylic acids is 1. The van der Waals surface area contributed by atoms with E-state index in [0.29, 0.717) is 12.1 Å². The van der Waals surface area contributed by atoms with Gasteiger partial charge in [0.15, 0.2) is 5.13 Å². The molecule has 2 heterocycles. The van der Waals surface area contributed by atoms with Gasteiger partial charge in [0, 0.05) is 44.8 Å². The zero-order valence-electron chi connectivity index (χ0n) is 18.8. The second-order valence-electron chi connectivity index (χ2n) is 8.11. The highest BCUT2D eigenvalue weighted by molar-refractivity contribution is 7.22. The van der Waals surface area contributed by atoms with Crippen LogP contribution < -0.4 is 19.7 Å². The summed E-state index contributed by atoms with van der Waals surface area (Å²) in [5, 5.41) is 4.08. The van der Waals surface area contributed by atoms with Crippen molar-refractivity contribution in [2.45, 2.75) is 20.0 Å². The van der Waals surface area contributed by atoms with Gasteiger partial charge in [0.05, 0.1) is 23.4 Å². The number of hydrogen-bond acceptors (Lipinski definition) is 7. The van der Waals surface area contributed by atoms with Gasteiger partial charge in [0.2, 0.25) is 0 Å². The molecule has 1 saturated heterocycles. The van der Waals surface area contributed by atoms with Gasteiger partial charge >= 0.3 is 0 Å². The average molecular weight is 455 g/mol. The number of anilines is 1. The molecule has 0 radical (unpaired) electrons. The van der Waals surface area contributed by atoms with Crippen LogP contribution in [0, 0.1) is 0 Å². The van der Waals surface area contributed by atoms with E-state index in [0.717, 1.165) is 59.6 Å². The predicted octanol–water partition coefficient (Wildman–Crippen LogP) is 3.64. The van der Waals surface area contributed by atoms with Crippen LogP contribution in [0.5, 0.6) is 11.5 Å². The van der Waals surface area contributed by atoms with E-state index < -0.39 is 0 Å². The molecule has 0 atom stereocenters. The molecule has 32 heavy (non-hydrogen) atoms. The lowest BCUT2D eigenvalue weighted by Crippen LogP contribution is -2.48. The van der Waals surface area contributed by atoms with E-state index >= 15 is 0 Å². The number of ether oxygens (including phenoxy) is 2. The topological polar surface area (TPSA) is 66.9 Å². The minimum absolute atomic E-state index is 0.0513. The molecular weight excluding hydrogens is 424 g/mol. The number of benzene rings is 2. The van der Waals surface area contributed by atoms with Crippen molar-refractivity contribution in [2.24, 2.45) is 0 Å². The fourth-order valence-corrected chi connectivity index (χ4v) is 4.75. The maximum atomic E-state index is 12.4. The molecule has 1 aliphatic rings. The number of hydrogen-bond donors (Lipinski definition) is 1. The second kappa shape index (κ2) is 10.2. The summed E-state index contributed by atoms with van der Waals surface area (Å²) in [7, 11) is 1.68. The average Bonchev–Trinajstić information content (AvgIpc) is 3.23. The highest BCUT2D eigenvalue weighted by Gasteiger charge is 2.20. The van der Waals surface area contributed by atoms with E-state index in [1.165, 1.54) is 0 Å². The molecule has 0 unspecified atom stereocenters. The molecule has 1 N–H and O–H groups in total. The molecule has 0 saturated carbocycles. The molecule has 0 bridgehead atoms. The van der Waals surface area contributed by atoms with Gasteiger partial charge in [-0.3, -0.25) is 9.69 Å². The zero-order chi connectivity index (χ0) is 22.5. The Morgan fingerprint density at radius 1 is 1.09 bits per heavy atom. The van der Waals surface area contributed by atoms with Gasteiger partial charge in [0.25, 0.3) is 5.91 Å². The maximum absolute atomic E-state index is 12.4. The number of thiazole rings is 1. The van der Waals surface area contributed by atoms with Crippen molar-refractivity contribution < 1.29 is 14.3 Å². The number of rotatable bonds is 8. The van der Waals surface area contributed by atoms with Gasteiger partial charge in [-0.25, -0.2) is 4.98 Å². The van der Waals surface area contributed by atoms with Crippen LogP contribution in [0.2, 0.25) is 0 Å². The van der Waals surface area contributed by atoms with Crippen LogP contribution in [0.4, 0.5) is 5.13 Å². The van der Waals surface area contributed by atoms with Gasteiger partial charge in [0.1, 0.15) is 11.5 Å². The van der Waals surface area contributed by atoms with Crippen LogP contribution in [-0.2, 0) is 0 Å². The van der Waals surface area contributed by atoms with Crippen molar-refractivity contribution >= 4 is 32.6 Å². The normalized spacial score (nSPS) is 14.7. The molecule has 7 nitrogen and oxygen atoms in total. The van der Waals surface area contributed by atoms with E-state index in [1.807, 2.05) is 44.2 Å². The van der Waals surface area contributed by atoms with E-state index in [-0.39, 0.29) is 12.0 Å². The number of amides is 1. The van der Waals surface area contributed by atoms with Gasteiger partial charge in [-0.15, -0.1) is 0 Å². The summed E-state index contributed by atoms with van der Waals surface area (Å²) in [6.07, 6.45) is 0.119. The molecule has 3 aromatic rings. The fourth-order valence-electron chi connectivity index (χ4n) is 3.70. The van der Waals surface area contributed by atoms with Crippen LogP contribution in [0.25, 0.3) is 10.2 Å². The lowest BCUT2D eigenvalue weighted by Gasteiger charge is -2.34. The largest absolute Gasteiger partial charge is 0.497 e. The highest BCUT2D eigenvalue weighted by Crippen LogP contribution is 2.31. The Hall–Kier alpha value is -2.84. The Morgan fingerprint density at radius 2 is 1.81 bits per heavy atom. The van der Waals surface area contributed by atoms with Gasteiger partial charge < -0.3 is 19.7 Å².